The Bertz CT molecular complexity index is 7830. The average molecular weight is 1590 g/mol. The molecule has 120 heavy (non-hydrogen) atoms. The highest BCUT2D eigenvalue weighted by Gasteiger charge is 2.28. The van der Waals surface area contributed by atoms with Crippen molar-refractivity contribution < 1.29 is 66.9 Å². The Hall–Kier alpha value is -16.0. The molecule has 20 heteroatoms. The third-order valence-electron chi connectivity index (χ3n) is 21.7. The number of benzene rings is 10. The molecule has 10 heterocycles. The first kappa shape index (κ1) is 78.0. The lowest BCUT2D eigenvalue weighted by Crippen LogP contribution is -2.30. The van der Waals surface area contributed by atoms with Crippen LogP contribution in [-0.4, -0.2) is 0 Å². The smallest absolute Gasteiger partial charge is 0.243 e. The van der Waals surface area contributed by atoms with Gasteiger partial charge < -0.3 is 22.1 Å². The second-order valence-corrected chi connectivity index (χ2v) is 29.3. The summed E-state index contributed by atoms with van der Waals surface area (Å²) in [5, 5.41) is 17.2. The van der Waals surface area contributed by atoms with Crippen LogP contribution in [0.5, 0.6) is 0 Å². The third kappa shape index (κ3) is 14.1. The minimum Gasteiger partial charge on any atom is -0.467 e. The van der Waals surface area contributed by atoms with E-state index in [9.17, 15) is 27.2 Å². The number of halogens is 5. The van der Waals surface area contributed by atoms with E-state index in [4.69, 9.17) is 48.4 Å². The molecule has 0 aliphatic carbocycles. The molecule has 0 radical (unpaired) electrons. The van der Waals surface area contributed by atoms with Gasteiger partial charge in [0.15, 0.2) is 36.6 Å². The third-order valence-corrected chi connectivity index (χ3v) is 21.7. The van der Waals surface area contributed by atoms with Gasteiger partial charge in [0, 0.05) is 155 Å². The van der Waals surface area contributed by atoms with E-state index in [0.717, 1.165) is 133 Å². The number of furan rings is 5. The summed E-state index contributed by atoms with van der Waals surface area (Å²) < 4.78 is 107. The molecule has 0 unspecified atom stereocenters. The highest BCUT2D eigenvalue weighted by Crippen LogP contribution is 2.47. The molecule has 0 saturated heterocycles. The number of nitriles is 1. The van der Waals surface area contributed by atoms with Crippen molar-refractivity contribution in [2.24, 2.45) is 35.2 Å². The Kier molecular flexibility index (Phi) is 20.6. The molecule has 580 valence electrons. The van der Waals surface area contributed by atoms with Gasteiger partial charge in [-0.25, -0.2) is 64.2 Å². The van der Waals surface area contributed by atoms with Crippen LogP contribution >= 0.6 is 0 Å². The maximum Gasteiger partial charge on any atom is 0.243 e. The first-order valence-corrected chi connectivity index (χ1v) is 37.9. The van der Waals surface area contributed by atoms with E-state index in [-0.39, 0.29) is 28.6 Å². The fourth-order valence-corrected chi connectivity index (χ4v) is 15.9. The minimum absolute atomic E-state index is 0.0117. The molecule has 0 aliphatic heterocycles. The van der Waals surface area contributed by atoms with Gasteiger partial charge in [-0.1, -0.05) is 0 Å². The van der Waals surface area contributed by atoms with Crippen molar-refractivity contribution in [1.29, 1.82) is 5.26 Å². The predicted molar refractivity (Wildman–Crippen MR) is 455 cm³/mol. The molecule has 0 saturated carbocycles. The van der Waals surface area contributed by atoms with Gasteiger partial charge in [0.2, 0.25) is 51.2 Å². The van der Waals surface area contributed by atoms with Crippen molar-refractivity contribution in [3.8, 4) is 62.4 Å². The summed E-state index contributed by atoms with van der Waals surface area (Å²) in [6, 6.07) is 65.0. The normalized spacial score (nSPS) is 11.1. The van der Waals surface area contributed by atoms with Crippen LogP contribution in [0.1, 0.15) is 33.4 Å². The number of aryl methyl sites for hydroxylation is 10. The second-order valence-electron chi connectivity index (χ2n) is 29.3. The van der Waals surface area contributed by atoms with E-state index in [1.807, 2.05) is 242 Å². The Morgan fingerprint density at radius 3 is 1.20 bits per heavy atom. The molecule has 0 atom stereocenters. The molecule has 0 aliphatic rings. The van der Waals surface area contributed by atoms with E-state index in [1.165, 1.54) is 48.5 Å². The quantitative estimate of drug-likeness (QED) is 0.0960. The Morgan fingerprint density at radius 2 is 0.692 bits per heavy atom. The zero-order valence-electron chi connectivity index (χ0n) is 66.5. The molecular formula is C100H70F5N10O5+5. The summed E-state index contributed by atoms with van der Waals surface area (Å²) in [4.78, 5) is 14.3. The zero-order valence-corrected chi connectivity index (χ0v) is 66.5. The molecule has 0 amide bonds. The van der Waals surface area contributed by atoms with Crippen LogP contribution in [0.25, 0.3) is 185 Å². The Morgan fingerprint density at radius 1 is 0.300 bits per heavy atom. The number of fused-ring (bicyclic) bond motifs is 15. The highest BCUT2D eigenvalue weighted by molar-refractivity contribution is 6.17. The highest BCUT2D eigenvalue weighted by atomic mass is 19.1. The molecule has 0 fully saturated rings. The van der Waals surface area contributed by atoms with E-state index >= 15 is 0 Å². The summed E-state index contributed by atoms with van der Waals surface area (Å²) in [5.41, 5.74) is 21.7. The standard InChI is InChI=1S/5C20H14FN2O/c1-12-10-15-14-8-7-13(21)11-17(14)24-20(15)19(22-2)18(12)16-6-4-5-9-23(16)3;1-12-10-17-19(14-8-7-13(21)11-16(14)24-17)20(22-2)18(12)15-6-4-5-9-23(15)3;1-12-8-19-14(9-13(12)18-6-4-5-7-23(18)3)15-10-17(22-2)16(21)11-20(15)24-19;1-12-8-18-15(11-14(12)17-6-4-5-7-23(17)3)20-16(22-2)9-13(21)10-19(20)24-18;1-12-9-19-15(10-14(12)18-5-3-4-8-23(18)2)13-6-7-17(21)16(11-22)20(13)24-19/h4*4-11H,1,3H3;3-10H,1-2H3/q5*+1. The fourth-order valence-electron chi connectivity index (χ4n) is 15.9. The zero-order chi connectivity index (χ0) is 84.2. The van der Waals surface area contributed by atoms with Crippen molar-refractivity contribution >= 4 is 132 Å². The number of aromatic nitrogens is 5. The van der Waals surface area contributed by atoms with Crippen LogP contribution < -0.4 is 22.8 Å². The van der Waals surface area contributed by atoms with E-state index in [0.29, 0.717) is 72.6 Å². The van der Waals surface area contributed by atoms with E-state index < -0.39 is 17.5 Å². The summed E-state index contributed by atoms with van der Waals surface area (Å²) in [6.45, 7) is 39.9. The van der Waals surface area contributed by atoms with Crippen LogP contribution in [0.3, 0.4) is 0 Å². The Labute approximate surface area is 684 Å². The molecule has 20 rings (SSSR count). The van der Waals surface area contributed by atoms with Crippen LogP contribution in [0.15, 0.2) is 265 Å². The lowest BCUT2D eigenvalue weighted by Gasteiger charge is -2.08. The maximum absolute atomic E-state index is 13.8. The summed E-state index contributed by atoms with van der Waals surface area (Å²) in [5.74, 6) is -2.27. The first-order valence-electron chi connectivity index (χ1n) is 37.9. The molecule has 15 nitrogen and oxygen atoms in total. The topological polar surface area (TPSA) is 126 Å². The van der Waals surface area contributed by atoms with Crippen LogP contribution in [0.2, 0.25) is 0 Å². The van der Waals surface area contributed by atoms with Crippen LogP contribution in [-0.2, 0) is 35.2 Å². The van der Waals surface area contributed by atoms with Gasteiger partial charge in [-0.15, -0.1) is 0 Å². The molecule has 10 aromatic carbocycles. The molecular weight excluding hydrogens is 1520 g/mol. The van der Waals surface area contributed by atoms with Gasteiger partial charge in [-0.2, -0.15) is 5.26 Å². The molecule has 10 aromatic heterocycles. The molecule has 0 N–H and O–H groups in total. The minimum atomic E-state index is -0.560. The van der Waals surface area contributed by atoms with Gasteiger partial charge in [0.1, 0.15) is 126 Å². The fraction of sp³-hybridized carbons (Fsp3) is 0.100. The van der Waals surface area contributed by atoms with Crippen LogP contribution in [0.4, 0.5) is 44.7 Å². The summed E-state index contributed by atoms with van der Waals surface area (Å²) in [7, 11) is 9.89. The van der Waals surface area contributed by atoms with Crippen molar-refractivity contribution in [1.82, 2.24) is 0 Å². The number of rotatable bonds is 5. The average Bonchev–Trinajstić information content (AvgIpc) is 1.60. The molecule has 20 aromatic rings. The van der Waals surface area contributed by atoms with Crippen molar-refractivity contribution in [3.05, 3.63) is 351 Å². The van der Waals surface area contributed by atoms with Gasteiger partial charge in [-0.05, 0) is 190 Å². The molecule has 0 spiro atoms. The monoisotopic (exact) mass is 1590 g/mol. The summed E-state index contributed by atoms with van der Waals surface area (Å²) in [6.07, 6.45) is 9.89. The van der Waals surface area contributed by atoms with Crippen molar-refractivity contribution in [3.63, 3.8) is 0 Å². The van der Waals surface area contributed by atoms with Gasteiger partial charge >= 0.3 is 0 Å². The van der Waals surface area contributed by atoms with Gasteiger partial charge in [0.25, 0.3) is 0 Å². The lowest BCUT2D eigenvalue weighted by atomic mass is 9.98. The number of pyridine rings is 5. The van der Waals surface area contributed by atoms with Gasteiger partial charge in [0.05, 0.1) is 37.4 Å². The maximum atomic E-state index is 13.8. The van der Waals surface area contributed by atoms with Crippen molar-refractivity contribution in [2.75, 3.05) is 0 Å². The lowest BCUT2D eigenvalue weighted by molar-refractivity contribution is -0.660. The number of hydrogen-bond acceptors (Lipinski definition) is 6. The first-order chi connectivity index (χ1) is 57.9. The van der Waals surface area contributed by atoms with E-state index in [1.54, 1.807) is 24.3 Å². The number of hydrogen-bond donors (Lipinski definition) is 0. The Balaban J connectivity index is 0.000000112. The predicted octanol–water partition coefficient (Wildman–Crippen LogP) is 24.7. The SMILES string of the molecule is Cc1cc2oc3c(C#N)c(F)ccc3c2cc1-c1cccc[n+]1C.[C-]#[N+]c1c(-c2cccc[n+]2C)c(C)cc2c1oc1cc(F)ccc12.[C-]#[N+]c1c(-c2cccc[n+]2C)c(C)cc2oc3cc(F)ccc3c12.[C-]#[N+]c1cc(F)cc2oc3cc(C)c(-c4cccc[n+]4C)cc3c12.[C-]#[N+]c1cc2c(cc1F)oc1cc(C)c(-c3cccc[n+]3C)cc12. The van der Waals surface area contributed by atoms with E-state index in [2.05, 4.69) is 46.7 Å². The largest absolute Gasteiger partial charge is 0.467 e. The number of nitrogens with zero attached hydrogens (tertiary/aromatic N) is 10. The molecule has 0 bridgehead atoms. The van der Waals surface area contributed by atoms with Crippen molar-refractivity contribution in [2.45, 2.75) is 34.6 Å². The second kappa shape index (κ2) is 31.7. The van der Waals surface area contributed by atoms with Gasteiger partial charge in [-0.3, -0.25) is 0 Å². The summed E-state index contributed by atoms with van der Waals surface area (Å²) >= 11 is 0. The van der Waals surface area contributed by atoms with Crippen LogP contribution in [0, 0.1) is 101 Å².